The van der Waals surface area contributed by atoms with Crippen molar-refractivity contribution in [3.63, 3.8) is 0 Å². The Morgan fingerprint density at radius 2 is 2.29 bits per heavy atom. The zero-order valence-corrected chi connectivity index (χ0v) is 7.42. The predicted octanol–water partition coefficient (Wildman–Crippen LogP) is 2.36. The molecule has 72 valence electrons. The fourth-order valence-electron chi connectivity index (χ4n) is 0.908. The lowest BCUT2D eigenvalue weighted by Gasteiger charge is -2.05. The molecule has 0 radical (unpaired) electrons. The summed E-state index contributed by atoms with van der Waals surface area (Å²) in [6, 6.07) is 1.55. The Bertz CT molecular complexity index is 415. The molecule has 1 aromatic rings. The summed E-state index contributed by atoms with van der Waals surface area (Å²) in [6.07, 6.45) is -1.78. The maximum Gasteiger partial charge on any atom is 0.266 e. The minimum absolute atomic E-state index is 0.224. The molecule has 1 aromatic heterocycles. The molecule has 0 amide bonds. The average Bonchev–Trinajstić information content (AvgIpc) is 2.16. The molecule has 0 spiro atoms. The molecule has 0 atom stereocenters. The predicted molar refractivity (Wildman–Crippen MR) is 44.3 cm³/mol. The van der Waals surface area contributed by atoms with Gasteiger partial charge >= 0.3 is 0 Å². The van der Waals surface area contributed by atoms with Gasteiger partial charge in [-0.3, -0.25) is 4.79 Å². The van der Waals surface area contributed by atoms with Gasteiger partial charge in [-0.2, -0.15) is 5.26 Å². The molecular weight excluding hydrogens is 214 g/mol. The van der Waals surface area contributed by atoms with E-state index in [1.165, 1.54) is 0 Å². The van der Waals surface area contributed by atoms with Crippen LogP contribution in [-0.2, 0) is 0 Å². The topological polar surface area (TPSA) is 53.8 Å². The van der Waals surface area contributed by atoms with E-state index in [1.54, 1.807) is 6.07 Å². The molecule has 0 saturated carbocycles. The van der Waals surface area contributed by atoms with Crippen LogP contribution in [0.25, 0.3) is 0 Å². The van der Waals surface area contributed by atoms with Crippen LogP contribution in [0.2, 0.25) is 5.02 Å². The van der Waals surface area contributed by atoms with E-state index in [-0.39, 0.29) is 17.5 Å². The molecule has 0 aliphatic carbocycles. The monoisotopic (exact) mass is 216 g/mol. The number of rotatable bonds is 2. The third-order valence-electron chi connectivity index (χ3n) is 1.54. The lowest BCUT2D eigenvalue weighted by Crippen LogP contribution is -1.99. The molecular formula is C8H3ClF2N2O. The lowest BCUT2D eigenvalue weighted by atomic mass is 10.1. The summed E-state index contributed by atoms with van der Waals surface area (Å²) in [7, 11) is 0. The van der Waals surface area contributed by atoms with E-state index in [0.29, 0.717) is 0 Å². The van der Waals surface area contributed by atoms with Gasteiger partial charge in [-0.25, -0.2) is 13.8 Å². The third-order valence-corrected chi connectivity index (χ3v) is 1.92. The molecule has 0 saturated heterocycles. The molecule has 3 nitrogen and oxygen atoms in total. The molecule has 0 unspecified atom stereocenters. The van der Waals surface area contributed by atoms with E-state index in [9.17, 15) is 13.6 Å². The lowest BCUT2D eigenvalue weighted by molar-refractivity contribution is 0.110. The first-order valence-corrected chi connectivity index (χ1v) is 3.81. The molecule has 6 heteroatoms. The first-order chi connectivity index (χ1) is 6.61. The van der Waals surface area contributed by atoms with Crippen LogP contribution in [0.5, 0.6) is 0 Å². The normalized spacial score (nSPS) is 9.93. The number of hydrogen-bond donors (Lipinski definition) is 0. The molecule has 0 aromatic carbocycles. The number of nitriles is 1. The van der Waals surface area contributed by atoms with Crippen LogP contribution in [0.15, 0.2) is 6.20 Å². The highest BCUT2D eigenvalue weighted by atomic mass is 35.5. The van der Waals surface area contributed by atoms with Gasteiger partial charge in [0.1, 0.15) is 6.07 Å². The van der Waals surface area contributed by atoms with Crippen LogP contribution in [0.3, 0.4) is 0 Å². The van der Waals surface area contributed by atoms with Crippen molar-refractivity contribution in [2.75, 3.05) is 0 Å². The van der Waals surface area contributed by atoms with Crippen LogP contribution in [0, 0.1) is 11.3 Å². The van der Waals surface area contributed by atoms with Gasteiger partial charge in [0.25, 0.3) is 6.43 Å². The zero-order chi connectivity index (χ0) is 10.7. The molecule has 0 aliphatic heterocycles. The smallest absolute Gasteiger partial charge is 0.266 e. The van der Waals surface area contributed by atoms with Crippen LogP contribution in [-0.4, -0.2) is 11.3 Å². The minimum atomic E-state index is -2.90. The van der Waals surface area contributed by atoms with Gasteiger partial charge < -0.3 is 0 Å². The summed E-state index contributed by atoms with van der Waals surface area (Å²) in [6.45, 7) is 0. The number of nitrogens with zero attached hydrogens (tertiary/aromatic N) is 2. The van der Waals surface area contributed by atoms with E-state index in [1.807, 2.05) is 0 Å². The number of carbonyl (C=O) groups is 1. The van der Waals surface area contributed by atoms with E-state index in [2.05, 4.69) is 4.98 Å². The van der Waals surface area contributed by atoms with Crippen molar-refractivity contribution in [2.45, 2.75) is 6.43 Å². The van der Waals surface area contributed by atoms with Crippen LogP contribution >= 0.6 is 11.6 Å². The van der Waals surface area contributed by atoms with Crippen LogP contribution in [0.1, 0.15) is 28.0 Å². The standard InChI is InChI=1S/C8H3ClF2N2O/c9-7-5(1-12)13-2-4(3-14)6(7)8(10)11/h2-3,8H. The van der Waals surface area contributed by atoms with Crippen LogP contribution in [0.4, 0.5) is 8.78 Å². The van der Waals surface area contributed by atoms with Crippen molar-refractivity contribution in [3.8, 4) is 6.07 Å². The summed E-state index contributed by atoms with van der Waals surface area (Å²) in [5, 5.41) is 7.99. The van der Waals surface area contributed by atoms with Gasteiger partial charge in [0.05, 0.1) is 10.6 Å². The molecule has 14 heavy (non-hydrogen) atoms. The number of halogens is 3. The van der Waals surface area contributed by atoms with Gasteiger partial charge in [0, 0.05) is 11.8 Å². The first-order valence-electron chi connectivity index (χ1n) is 3.43. The highest BCUT2D eigenvalue weighted by Crippen LogP contribution is 2.30. The van der Waals surface area contributed by atoms with Gasteiger partial charge in [-0.1, -0.05) is 11.6 Å². The number of aromatic nitrogens is 1. The number of alkyl halides is 2. The third kappa shape index (κ3) is 1.70. The fraction of sp³-hybridized carbons (Fsp3) is 0.125. The molecule has 0 bridgehead atoms. The molecule has 0 fully saturated rings. The summed E-state index contributed by atoms with van der Waals surface area (Å²) in [5.74, 6) is 0. The second kappa shape index (κ2) is 4.11. The van der Waals surface area contributed by atoms with Gasteiger partial charge in [0.15, 0.2) is 12.0 Å². The van der Waals surface area contributed by atoms with Crippen molar-refractivity contribution in [3.05, 3.63) is 28.0 Å². The van der Waals surface area contributed by atoms with E-state index in [4.69, 9.17) is 16.9 Å². The minimum Gasteiger partial charge on any atom is -0.298 e. The molecule has 0 N–H and O–H groups in total. The second-order valence-corrected chi connectivity index (χ2v) is 2.70. The maximum atomic E-state index is 12.4. The molecule has 1 heterocycles. The second-order valence-electron chi connectivity index (χ2n) is 2.32. The summed E-state index contributed by atoms with van der Waals surface area (Å²) in [5.41, 5.74) is -1.26. The van der Waals surface area contributed by atoms with Gasteiger partial charge in [0.2, 0.25) is 0 Å². The Kier molecular flexibility index (Phi) is 3.10. The zero-order valence-electron chi connectivity index (χ0n) is 6.67. The molecule has 0 aliphatic rings. The van der Waals surface area contributed by atoms with Crippen molar-refractivity contribution in [1.29, 1.82) is 5.26 Å². The Labute approximate surface area is 82.9 Å². The van der Waals surface area contributed by atoms with Gasteiger partial charge in [-0.05, 0) is 0 Å². The van der Waals surface area contributed by atoms with Crippen molar-refractivity contribution in [2.24, 2.45) is 0 Å². The van der Waals surface area contributed by atoms with Crippen molar-refractivity contribution in [1.82, 2.24) is 4.98 Å². The largest absolute Gasteiger partial charge is 0.298 e. The Morgan fingerprint density at radius 1 is 1.64 bits per heavy atom. The summed E-state index contributed by atoms with van der Waals surface area (Å²) in [4.78, 5) is 13.8. The quantitative estimate of drug-likeness (QED) is 0.713. The Balaban J connectivity index is 3.48. The fourth-order valence-corrected chi connectivity index (χ4v) is 1.19. The highest BCUT2D eigenvalue weighted by Gasteiger charge is 2.20. The van der Waals surface area contributed by atoms with E-state index in [0.717, 1.165) is 6.20 Å². The summed E-state index contributed by atoms with van der Waals surface area (Å²) >= 11 is 5.46. The first kappa shape index (κ1) is 10.5. The van der Waals surface area contributed by atoms with Crippen LogP contribution < -0.4 is 0 Å². The average molecular weight is 217 g/mol. The van der Waals surface area contributed by atoms with E-state index < -0.39 is 17.0 Å². The van der Waals surface area contributed by atoms with Gasteiger partial charge in [-0.15, -0.1) is 0 Å². The maximum absolute atomic E-state index is 12.4. The van der Waals surface area contributed by atoms with Crippen molar-refractivity contribution < 1.29 is 13.6 Å². The number of carbonyl (C=O) groups excluding carboxylic acids is 1. The van der Waals surface area contributed by atoms with E-state index >= 15 is 0 Å². The number of hydrogen-bond acceptors (Lipinski definition) is 3. The number of pyridine rings is 1. The van der Waals surface area contributed by atoms with Crippen molar-refractivity contribution >= 4 is 17.9 Å². The summed E-state index contributed by atoms with van der Waals surface area (Å²) < 4.78 is 24.8. The number of aldehydes is 1. The SMILES string of the molecule is N#Cc1ncc(C=O)c(C(F)F)c1Cl. The highest BCUT2D eigenvalue weighted by molar-refractivity contribution is 6.32. The molecule has 1 rings (SSSR count). The Morgan fingerprint density at radius 3 is 2.71 bits per heavy atom. The Hall–Kier alpha value is -1.54.